The Morgan fingerprint density at radius 2 is 1.87 bits per heavy atom. The van der Waals surface area contributed by atoms with E-state index in [4.69, 9.17) is 5.73 Å². The smallest absolute Gasteiger partial charge is 0.232 e. The number of rotatable bonds is 5. The first-order valence-electron chi connectivity index (χ1n) is 4.87. The van der Waals surface area contributed by atoms with Crippen LogP contribution in [0.5, 0.6) is 0 Å². The first-order valence-corrected chi connectivity index (χ1v) is 6.52. The van der Waals surface area contributed by atoms with Crippen LogP contribution in [0.1, 0.15) is 18.9 Å². The van der Waals surface area contributed by atoms with Gasteiger partial charge in [-0.15, -0.1) is 0 Å². The van der Waals surface area contributed by atoms with Gasteiger partial charge < -0.3 is 5.73 Å². The minimum atomic E-state index is -3.19. The molecule has 4 nitrogen and oxygen atoms in total. The highest BCUT2D eigenvalue weighted by Gasteiger charge is 2.07. The van der Waals surface area contributed by atoms with E-state index in [0.29, 0.717) is 18.7 Å². The summed E-state index contributed by atoms with van der Waals surface area (Å²) < 4.78 is 25.3. The summed E-state index contributed by atoms with van der Waals surface area (Å²) in [5, 5.41) is 0. The van der Waals surface area contributed by atoms with E-state index in [1.807, 2.05) is 19.1 Å². The van der Waals surface area contributed by atoms with Gasteiger partial charge in [0.25, 0.3) is 0 Å². The summed E-state index contributed by atoms with van der Waals surface area (Å²) in [5.41, 5.74) is 7.00. The summed E-state index contributed by atoms with van der Waals surface area (Å²) in [6.45, 7) is 2.29. The van der Waals surface area contributed by atoms with E-state index in [0.717, 1.165) is 5.56 Å². The summed E-state index contributed by atoms with van der Waals surface area (Å²) in [4.78, 5) is 0. The van der Waals surface area contributed by atoms with E-state index in [1.54, 1.807) is 12.1 Å². The maximum atomic E-state index is 11.4. The molecule has 1 aromatic rings. The van der Waals surface area contributed by atoms with Crippen molar-refractivity contribution >= 4 is 15.7 Å². The van der Waals surface area contributed by atoms with Crippen LogP contribution in [0.25, 0.3) is 0 Å². The molecule has 1 aromatic carbocycles. The van der Waals surface area contributed by atoms with Crippen LogP contribution in [0, 0.1) is 0 Å². The third-order valence-electron chi connectivity index (χ3n) is 1.94. The van der Waals surface area contributed by atoms with E-state index in [-0.39, 0.29) is 5.75 Å². The fraction of sp³-hybridized carbons (Fsp3) is 0.400. The largest absolute Gasteiger partial charge is 0.326 e. The lowest BCUT2D eigenvalue weighted by Crippen LogP contribution is -2.16. The molecule has 0 atom stereocenters. The van der Waals surface area contributed by atoms with E-state index < -0.39 is 10.0 Å². The Bertz CT molecular complexity index is 398. The molecule has 5 heteroatoms. The fourth-order valence-electron chi connectivity index (χ4n) is 1.21. The maximum absolute atomic E-state index is 11.4. The van der Waals surface area contributed by atoms with Gasteiger partial charge in [-0.05, 0) is 24.1 Å². The number of sulfonamides is 1. The van der Waals surface area contributed by atoms with Crippen LogP contribution >= 0.6 is 0 Å². The van der Waals surface area contributed by atoms with Gasteiger partial charge in [-0.1, -0.05) is 19.1 Å². The fourth-order valence-corrected chi connectivity index (χ4v) is 2.34. The van der Waals surface area contributed by atoms with Gasteiger partial charge >= 0.3 is 0 Å². The molecule has 0 saturated carbocycles. The number of hydrogen-bond acceptors (Lipinski definition) is 3. The van der Waals surface area contributed by atoms with Gasteiger partial charge in [-0.3, -0.25) is 4.72 Å². The van der Waals surface area contributed by atoms with Crippen LogP contribution in [0.3, 0.4) is 0 Å². The molecular weight excluding hydrogens is 212 g/mol. The highest BCUT2D eigenvalue weighted by molar-refractivity contribution is 7.92. The average molecular weight is 228 g/mol. The first kappa shape index (κ1) is 12.0. The van der Waals surface area contributed by atoms with Crippen LogP contribution in [0.4, 0.5) is 5.69 Å². The van der Waals surface area contributed by atoms with E-state index in [9.17, 15) is 8.42 Å². The average Bonchev–Trinajstić information content (AvgIpc) is 2.18. The molecule has 0 spiro atoms. The van der Waals surface area contributed by atoms with Crippen molar-refractivity contribution < 1.29 is 8.42 Å². The predicted octanol–water partition coefficient (Wildman–Crippen LogP) is 1.30. The second kappa shape index (κ2) is 5.14. The second-order valence-electron chi connectivity index (χ2n) is 3.32. The van der Waals surface area contributed by atoms with Crippen molar-refractivity contribution in [1.82, 2.24) is 0 Å². The van der Waals surface area contributed by atoms with Crippen LogP contribution in [-0.2, 0) is 16.6 Å². The zero-order valence-corrected chi connectivity index (χ0v) is 9.55. The molecule has 0 fully saturated rings. The monoisotopic (exact) mass is 228 g/mol. The molecule has 0 aliphatic rings. The standard InChI is InChI=1S/C10H16N2O2S/c1-2-7-15(13,14)12-10-5-3-9(8-11)4-6-10/h3-6,12H,2,7-8,11H2,1H3. The molecule has 15 heavy (non-hydrogen) atoms. The molecule has 1 rings (SSSR count). The SMILES string of the molecule is CCCS(=O)(=O)Nc1ccc(CN)cc1. The van der Waals surface area contributed by atoms with Crippen LogP contribution in [-0.4, -0.2) is 14.2 Å². The highest BCUT2D eigenvalue weighted by atomic mass is 32.2. The Morgan fingerprint density at radius 1 is 1.27 bits per heavy atom. The van der Waals surface area contributed by atoms with Crippen molar-refractivity contribution in [3.63, 3.8) is 0 Å². The van der Waals surface area contributed by atoms with E-state index in [2.05, 4.69) is 4.72 Å². The van der Waals surface area contributed by atoms with Crippen molar-refractivity contribution in [1.29, 1.82) is 0 Å². The molecule has 0 saturated heterocycles. The molecule has 0 radical (unpaired) electrons. The van der Waals surface area contributed by atoms with Gasteiger partial charge in [-0.2, -0.15) is 0 Å². The number of anilines is 1. The molecule has 0 heterocycles. The van der Waals surface area contributed by atoms with Crippen LogP contribution in [0.2, 0.25) is 0 Å². The number of nitrogens with two attached hydrogens (primary N) is 1. The summed E-state index contributed by atoms with van der Waals surface area (Å²) >= 11 is 0. The topological polar surface area (TPSA) is 72.2 Å². The van der Waals surface area contributed by atoms with Gasteiger partial charge in [0, 0.05) is 12.2 Å². The lowest BCUT2D eigenvalue weighted by molar-refractivity contribution is 0.600. The number of nitrogens with one attached hydrogen (secondary N) is 1. The Balaban J connectivity index is 2.73. The lowest BCUT2D eigenvalue weighted by Gasteiger charge is -2.07. The predicted molar refractivity (Wildman–Crippen MR) is 62.0 cm³/mol. The van der Waals surface area contributed by atoms with Crippen LogP contribution in [0.15, 0.2) is 24.3 Å². The molecular formula is C10H16N2O2S. The molecule has 0 bridgehead atoms. The quantitative estimate of drug-likeness (QED) is 0.797. The van der Waals surface area contributed by atoms with Gasteiger partial charge in [0.2, 0.25) is 10.0 Å². The molecule has 0 aliphatic heterocycles. The summed E-state index contributed by atoms with van der Waals surface area (Å²) in [5.74, 6) is 0.144. The zero-order chi connectivity index (χ0) is 11.3. The Morgan fingerprint density at radius 3 is 2.33 bits per heavy atom. The summed E-state index contributed by atoms with van der Waals surface area (Å²) in [6.07, 6.45) is 0.607. The Kier molecular flexibility index (Phi) is 4.11. The Labute approximate surface area is 90.5 Å². The van der Waals surface area contributed by atoms with E-state index in [1.165, 1.54) is 0 Å². The normalized spacial score (nSPS) is 11.3. The van der Waals surface area contributed by atoms with Gasteiger partial charge in [0.15, 0.2) is 0 Å². The van der Waals surface area contributed by atoms with Crippen molar-refractivity contribution in [2.24, 2.45) is 5.73 Å². The first-order chi connectivity index (χ1) is 7.07. The van der Waals surface area contributed by atoms with Crippen molar-refractivity contribution in [3.05, 3.63) is 29.8 Å². The molecule has 0 aromatic heterocycles. The van der Waals surface area contributed by atoms with Crippen molar-refractivity contribution in [3.8, 4) is 0 Å². The minimum Gasteiger partial charge on any atom is -0.326 e. The Hall–Kier alpha value is -1.07. The van der Waals surface area contributed by atoms with Gasteiger partial charge in [0.05, 0.1) is 5.75 Å². The lowest BCUT2D eigenvalue weighted by atomic mass is 10.2. The van der Waals surface area contributed by atoms with Gasteiger partial charge in [0.1, 0.15) is 0 Å². The van der Waals surface area contributed by atoms with Gasteiger partial charge in [-0.25, -0.2) is 8.42 Å². The maximum Gasteiger partial charge on any atom is 0.232 e. The van der Waals surface area contributed by atoms with E-state index >= 15 is 0 Å². The molecule has 0 unspecified atom stereocenters. The van der Waals surface area contributed by atoms with Crippen molar-refractivity contribution in [2.45, 2.75) is 19.9 Å². The third-order valence-corrected chi connectivity index (χ3v) is 3.43. The number of benzene rings is 1. The minimum absolute atomic E-state index is 0.144. The number of hydrogen-bond donors (Lipinski definition) is 2. The zero-order valence-electron chi connectivity index (χ0n) is 8.73. The molecule has 3 N–H and O–H groups in total. The molecule has 84 valence electrons. The second-order valence-corrected chi connectivity index (χ2v) is 5.16. The summed E-state index contributed by atoms with van der Waals surface area (Å²) in [7, 11) is -3.19. The highest BCUT2D eigenvalue weighted by Crippen LogP contribution is 2.11. The van der Waals surface area contributed by atoms with Crippen LogP contribution < -0.4 is 10.5 Å². The molecule has 0 aliphatic carbocycles. The van der Waals surface area contributed by atoms with Crippen molar-refractivity contribution in [2.75, 3.05) is 10.5 Å². The summed E-state index contributed by atoms with van der Waals surface area (Å²) in [6, 6.07) is 7.05. The molecule has 0 amide bonds. The third kappa shape index (κ3) is 3.89.